The summed E-state index contributed by atoms with van der Waals surface area (Å²) in [6, 6.07) is 15.1. The quantitative estimate of drug-likeness (QED) is 0.456. The molecule has 2 aromatic carbocycles. The second-order valence-electron chi connectivity index (χ2n) is 7.15. The highest BCUT2D eigenvalue weighted by molar-refractivity contribution is 7.98. The monoisotopic (exact) mass is 432 g/mol. The van der Waals surface area contributed by atoms with Crippen molar-refractivity contribution in [1.82, 2.24) is 10.2 Å². The van der Waals surface area contributed by atoms with Gasteiger partial charge in [-0.1, -0.05) is 55.8 Å². The molecule has 2 N–H and O–H groups in total. The number of urea groups is 1. The van der Waals surface area contributed by atoms with Crippen LogP contribution >= 0.6 is 34.7 Å². The lowest BCUT2D eigenvalue weighted by Crippen LogP contribution is -2.19. The summed E-state index contributed by atoms with van der Waals surface area (Å²) in [5.41, 5.74) is 2.02. The van der Waals surface area contributed by atoms with Crippen molar-refractivity contribution in [3.63, 3.8) is 0 Å². The van der Waals surface area contributed by atoms with Crippen LogP contribution in [-0.4, -0.2) is 16.2 Å². The number of amides is 2. The third-order valence-corrected chi connectivity index (χ3v) is 6.17. The number of halogens is 1. The van der Waals surface area contributed by atoms with Crippen molar-refractivity contribution in [3.05, 3.63) is 64.1 Å². The molecule has 0 spiro atoms. The van der Waals surface area contributed by atoms with E-state index < -0.39 is 0 Å². The fraction of sp³-hybridized carbons (Fsp3) is 0.250. The molecule has 3 aromatic rings. The van der Waals surface area contributed by atoms with Gasteiger partial charge in [0.2, 0.25) is 5.13 Å². The molecule has 0 bridgehead atoms. The van der Waals surface area contributed by atoms with E-state index in [1.54, 1.807) is 11.8 Å². The third kappa shape index (κ3) is 5.95. The average Bonchev–Trinajstić information content (AvgIpc) is 3.08. The number of benzene rings is 2. The minimum absolute atomic E-state index is 0.0772. The molecule has 0 saturated carbocycles. The Morgan fingerprint density at radius 3 is 2.36 bits per heavy atom. The first kappa shape index (κ1) is 20.6. The maximum Gasteiger partial charge on any atom is 0.325 e. The molecule has 0 saturated heterocycles. The molecule has 0 fully saturated rings. The van der Waals surface area contributed by atoms with Crippen molar-refractivity contribution in [2.24, 2.45) is 0 Å². The highest BCUT2D eigenvalue weighted by Crippen LogP contribution is 2.27. The highest BCUT2D eigenvalue weighted by atomic mass is 35.5. The minimum Gasteiger partial charge on any atom is -0.308 e. The number of thioether (sulfide) groups is 1. The SMILES string of the molecule is CC(C)(C)c1ccc(NC(=O)Nc2nnc(CSc3ccc(Cl)cc3)s2)cc1. The van der Waals surface area contributed by atoms with Crippen LogP contribution in [0, 0.1) is 0 Å². The largest absolute Gasteiger partial charge is 0.325 e. The number of carbonyl (C=O) groups excluding carboxylic acids is 1. The van der Waals surface area contributed by atoms with Crippen molar-refractivity contribution < 1.29 is 4.79 Å². The Morgan fingerprint density at radius 2 is 1.71 bits per heavy atom. The van der Waals surface area contributed by atoms with Crippen LogP contribution in [-0.2, 0) is 11.2 Å². The Kier molecular flexibility index (Phi) is 6.59. The molecular formula is C20H21ClN4OS2. The summed E-state index contributed by atoms with van der Waals surface area (Å²) in [5, 5.41) is 15.7. The van der Waals surface area contributed by atoms with Gasteiger partial charge in [0.05, 0.1) is 5.75 Å². The lowest BCUT2D eigenvalue weighted by atomic mass is 9.87. The summed E-state index contributed by atoms with van der Waals surface area (Å²) in [7, 11) is 0. The van der Waals surface area contributed by atoms with Crippen LogP contribution in [0.2, 0.25) is 5.02 Å². The van der Waals surface area contributed by atoms with E-state index in [-0.39, 0.29) is 11.4 Å². The summed E-state index contributed by atoms with van der Waals surface area (Å²) in [6.07, 6.45) is 0. The number of hydrogen-bond donors (Lipinski definition) is 2. The van der Waals surface area contributed by atoms with Crippen LogP contribution in [0.3, 0.4) is 0 Å². The predicted octanol–water partition coefficient (Wildman–Crippen LogP) is 6.43. The average molecular weight is 433 g/mol. The molecule has 146 valence electrons. The van der Waals surface area contributed by atoms with Gasteiger partial charge in [-0.05, 0) is 47.4 Å². The van der Waals surface area contributed by atoms with Crippen LogP contribution in [0.1, 0.15) is 31.3 Å². The van der Waals surface area contributed by atoms with Gasteiger partial charge < -0.3 is 5.32 Å². The molecule has 3 rings (SSSR count). The first-order valence-corrected chi connectivity index (χ1v) is 10.9. The molecule has 0 aliphatic carbocycles. The first-order valence-electron chi connectivity index (χ1n) is 8.69. The second kappa shape index (κ2) is 8.94. The van der Waals surface area contributed by atoms with Crippen molar-refractivity contribution in [3.8, 4) is 0 Å². The Bertz CT molecular complexity index is 934. The predicted molar refractivity (Wildman–Crippen MR) is 119 cm³/mol. The number of nitrogens with one attached hydrogen (secondary N) is 2. The molecule has 28 heavy (non-hydrogen) atoms. The molecule has 2 amide bonds. The summed E-state index contributed by atoms with van der Waals surface area (Å²) >= 11 is 8.89. The standard InChI is InChI=1S/C20H21ClN4OS2/c1-20(2,3)13-4-8-15(9-5-13)22-18(26)23-19-25-24-17(28-19)12-27-16-10-6-14(21)7-11-16/h4-11H,12H2,1-3H3,(H2,22,23,25,26). The van der Waals surface area contributed by atoms with Gasteiger partial charge in [-0.15, -0.1) is 22.0 Å². The molecule has 1 heterocycles. The van der Waals surface area contributed by atoms with E-state index in [2.05, 4.69) is 41.6 Å². The van der Waals surface area contributed by atoms with Gasteiger partial charge >= 0.3 is 6.03 Å². The van der Waals surface area contributed by atoms with Gasteiger partial charge in [0.1, 0.15) is 5.01 Å². The highest BCUT2D eigenvalue weighted by Gasteiger charge is 2.13. The zero-order valence-electron chi connectivity index (χ0n) is 15.8. The Hall–Kier alpha value is -2.09. The Morgan fingerprint density at radius 1 is 1.04 bits per heavy atom. The smallest absolute Gasteiger partial charge is 0.308 e. The maximum absolute atomic E-state index is 12.2. The number of rotatable bonds is 5. The van der Waals surface area contributed by atoms with Gasteiger partial charge in [0, 0.05) is 15.6 Å². The van der Waals surface area contributed by atoms with E-state index in [0.717, 1.165) is 15.6 Å². The second-order valence-corrected chi connectivity index (χ2v) is 9.70. The number of hydrogen-bond acceptors (Lipinski definition) is 5. The Balaban J connectivity index is 1.51. The van der Waals surface area contributed by atoms with Crippen molar-refractivity contribution in [2.45, 2.75) is 36.8 Å². The van der Waals surface area contributed by atoms with E-state index in [4.69, 9.17) is 11.6 Å². The summed E-state index contributed by atoms with van der Waals surface area (Å²) in [4.78, 5) is 13.3. The van der Waals surface area contributed by atoms with Crippen molar-refractivity contribution in [1.29, 1.82) is 0 Å². The molecule has 0 radical (unpaired) electrons. The molecule has 0 unspecified atom stereocenters. The number of nitrogens with zero attached hydrogens (tertiary/aromatic N) is 2. The van der Waals surface area contributed by atoms with E-state index >= 15 is 0 Å². The van der Waals surface area contributed by atoms with Crippen molar-refractivity contribution in [2.75, 3.05) is 10.6 Å². The lowest BCUT2D eigenvalue weighted by Gasteiger charge is -2.19. The van der Waals surface area contributed by atoms with Crippen LogP contribution in [0.15, 0.2) is 53.4 Å². The molecule has 0 aliphatic heterocycles. The maximum atomic E-state index is 12.2. The molecule has 8 heteroatoms. The fourth-order valence-electron chi connectivity index (χ4n) is 2.35. The number of anilines is 2. The van der Waals surface area contributed by atoms with Gasteiger partial charge in [0.25, 0.3) is 0 Å². The number of aromatic nitrogens is 2. The summed E-state index contributed by atoms with van der Waals surface area (Å²) in [5.74, 6) is 0.677. The molecular weight excluding hydrogens is 412 g/mol. The van der Waals surface area contributed by atoms with Gasteiger partial charge in [-0.3, -0.25) is 5.32 Å². The van der Waals surface area contributed by atoms with Crippen LogP contribution in [0.4, 0.5) is 15.6 Å². The van der Waals surface area contributed by atoms with Gasteiger partial charge in [0.15, 0.2) is 0 Å². The lowest BCUT2D eigenvalue weighted by molar-refractivity contribution is 0.262. The van der Waals surface area contributed by atoms with Crippen molar-refractivity contribution >= 4 is 51.5 Å². The van der Waals surface area contributed by atoms with Gasteiger partial charge in [-0.2, -0.15) is 0 Å². The van der Waals surface area contributed by atoms with E-state index in [0.29, 0.717) is 15.9 Å². The van der Waals surface area contributed by atoms with Gasteiger partial charge in [-0.25, -0.2) is 4.79 Å². The first-order chi connectivity index (χ1) is 13.3. The summed E-state index contributed by atoms with van der Waals surface area (Å²) < 4.78 is 0. The zero-order valence-corrected chi connectivity index (χ0v) is 18.2. The molecule has 0 aliphatic rings. The van der Waals surface area contributed by atoms with Crippen LogP contribution in [0.25, 0.3) is 0 Å². The topological polar surface area (TPSA) is 66.9 Å². The fourth-order valence-corrected chi connectivity index (χ4v) is 4.10. The third-order valence-electron chi connectivity index (χ3n) is 3.87. The molecule has 1 aromatic heterocycles. The zero-order chi connectivity index (χ0) is 20.1. The van der Waals surface area contributed by atoms with E-state index in [9.17, 15) is 4.79 Å². The summed E-state index contributed by atoms with van der Waals surface area (Å²) in [6.45, 7) is 6.46. The van der Waals surface area contributed by atoms with E-state index in [1.165, 1.54) is 16.9 Å². The van der Waals surface area contributed by atoms with Crippen LogP contribution in [0.5, 0.6) is 0 Å². The molecule has 5 nitrogen and oxygen atoms in total. The number of carbonyl (C=O) groups is 1. The Labute approximate surface area is 177 Å². The normalized spacial score (nSPS) is 11.3. The minimum atomic E-state index is -0.337. The van der Waals surface area contributed by atoms with E-state index in [1.807, 2.05) is 48.5 Å². The molecule has 0 atom stereocenters. The van der Waals surface area contributed by atoms with Crippen LogP contribution < -0.4 is 10.6 Å².